The molecule has 7 N–H and O–H groups in total. The number of aliphatic hydroxyl groups is 2. The molecule has 3 aromatic rings. The van der Waals surface area contributed by atoms with Crippen LogP contribution >= 0.6 is 15.6 Å². The molecule has 0 aliphatic carbocycles. The van der Waals surface area contributed by atoms with Crippen LogP contribution < -0.4 is 15.9 Å². The highest BCUT2D eigenvalue weighted by molar-refractivity contribution is 7.63. The topological polar surface area (TPSA) is 241 Å². The molecular weight excluding hydrogens is 488 g/mol. The summed E-state index contributed by atoms with van der Waals surface area (Å²) in [5.74, 6) is -0.190. The number of aromatic amines is 1. The van der Waals surface area contributed by atoms with Crippen LogP contribution in [0, 0.1) is 0 Å². The predicted octanol–water partition coefficient (Wildman–Crippen LogP) is -2.27. The molecule has 17 nitrogen and oxygen atoms in total. The maximum atomic E-state index is 12.2. The fourth-order valence-electron chi connectivity index (χ4n) is 3.32. The maximum Gasteiger partial charge on any atom is 0.480 e. The second-order valence-corrected chi connectivity index (χ2v) is 10.4. The second-order valence-electron chi connectivity index (χ2n) is 7.08. The van der Waals surface area contributed by atoms with E-state index in [9.17, 15) is 33.9 Å². The van der Waals surface area contributed by atoms with Crippen molar-refractivity contribution in [3.05, 3.63) is 35.4 Å². The maximum absolute atomic E-state index is 12.2. The number of phosphoric acid groups is 1. The lowest BCUT2D eigenvalue weighted by Gasteiger charge is -2.19. The number of rotatable bonds is 7. The molecule has 19 heteroatoms. The summed E-state index contributed by atoms with van der Waals surface area (Å²) in [5.41, 5.74) is 5.21. The zero-order valence-electron chi connectivity index (χ0n) is 16.8. The number of aryl methyl sites for hydroxylation is 1. The highest BCUT2D eigenvalue weighted by Gasteiger charge is 2.48. The number of aliphatic hydroxyl groups excluding tert-OH is 2. The summed E-state index contributed by atoms with van der Waals surface area (Å²) < 4.78 is 42.1. The zero-order chi connectivity index (χ0) is 24.1. The molecule has 2 unspecified atom stereocenters. The number of imidazole rings is 2. The molecule has 1 saturated heterocycles. The standard InChI is InChI=1S/C14H19N7O10P2/c1-19-6-21(11-8(19)12(24)18-14(15)17-11)13-10(23)9(22)7(30-13)4-29-33(27,28)31-32(25,26)20-3-2-16-5-20/h2-3,5-7,9-10,13,22-23H,4H2,1H3,(H4-,15,17,18,24,25,26,27,28)/p+1/t7-,9+,10+,13-/m0/s1. The van der Waals surface area contributed by atoms with Gasteiger partial charge in [0.1, 0.15) is 24.6 Å². The Labute approximate surface area is 183 Å². The van der Waals surface area contributed by atoms with E-state index in [2.05, 4.69) is 19.3 Å². The number of anilines is 1. The average Bonchev–Trinajstić information content (AvgIpc) is 3.41. The van der Waals surface area contributed by atoms with Gasteiger partial charge in [0.2, 0.25) is 11.7 Å². The largest absolute Gasteiger partial charge is 0.480 e. The van der Waals surface area contributed by atoms with Crippen molar-refractivity contribution < 1.29 is 47.3 Å². The summed E-state index contributed by atoms with van der Waals surface area (Å²) in [7, 11) is -8.37. The number of phosphoric ester groups is 1. The lowest BCUT2D eigenvalue weighted by atomic mass is 10.1. The van der Waals surface area contributed by atoms with Crippen molar-refractivity contribution in [1.29, 1.82) is 0 Å². The van der Waals surface area contributed by atoms with E-state index in [0.29, 0.717) is 4.34 Å². The second kappa shape index (κ2) is 8.39. The highest BCUT2D eigenvalue weighted by atomic mass is 31.3. The number of nitrogens with one attached hydrogen (secondary N) is 1. The third kappa shape index (κ3) is 4.50. The quantitative estimate of drug-likeness (QED) is 0.146. The Bertz CT molecular complexity index is 1320. The Balaban J connectivity index is 1.51. The molecular formula is C14H20N7O10P2+. The lowest BCUT2D eigenvalue weighted by Crippen LogP contribution is -2.46. The van der Waals surface area contributed by atoms with Crippen LogP contribution in [0.1, 0.15) is 6.23 Å². The Morgan fingerprint density at radius 2 is 2.06 bits per heavy atom. The summed E-state index contributed by atoms with van der Waals surface area (Å²) >= 11 is 0. The molecule has 3 aromatic heterocycles. The first-order valence-corrected chi connectivity index (χ1v) is 12.2. The number of hydrogen-bond acceptors (Lipinski definition) is 11. The molecule has 0 radical (unpaired) electrons. The number of nitrogens with zero attached hydrogens (tertiary/aromatic N) is 5. The van der Waals surface area contributed by atoms with Gasteiger partial charge in [-0.05, 0) is 0 Å². The summed E-state index contributed by atoms with van der Waals surface area (Å²) in [6.45, 7) is -0.798. The van der Waals surface area contributed by atoms with E-state index in [1.807, 2.05) is 0 Å². The van der Waals surface area contributed by atoms with Crippen molar-refractivity contribution in [3.8, 4) is 0 Å². The van der Waals surface area contributed by atoms with Crippen LogP contribution in [0.3, 0.4) is 0 Å². The number of nitrogen functional groups attached to an aromatic ring is 1. The van der Waals surface area contributed by atoms with Crippen molar-refractivity contribution in [2.75, 3.05) is 12.3 Å². The first kappa shape index (κ1) is 23.7. The Kier molecular flexibility index (Phi) is 6.03. The SMILES string of the molecule is Cn1c[n+]([C@H]2O[C@@H](COP(=O)(O)OP(=O)(O)n3ccnc3)[C@@H](O)[C@H]2O)c2nc(N)[nH]c(=O)c21. The molecule has 0 saturated carbocycles. The molecule has 0 amide bonds. The van der Waals surface area contributed by atoms with Crippen LogP contribution in [-0.4, -0.2) is 68.8 Å². The van der Waals surface area contributed by atoms with E-state index in [1.54, 1.807) is 0 Å². The molecule has 180 valence electrons. The third-order valence-corrected chi connectivity index (χ3v) is 7.77. The molecule has 1 aliphatic rings. The fourth-order valence-corrected chi connectivity index (χ4v) is 5.68. The average molecular weight is 508 g/mol. The number of hydrogen-bond donors (Lipinski definition) is 6. The minimum atomic E-state index is -5.11. The minimum absolute atomic E-state index is 0.0503. The fraction of sp³-hybridized carbons (Fsp3) is 0.429. The minimum Gasteiger partial charge on any atom is -0.387 e. The predicted molar refractivity (Wildman–Crippen MR) is 106 cm³/mol. The molecule has 4 rings (SSSR count). The number of H-pyrrole nitrogens is 1. The molecule has 6 atom stereocenters. The third-order valence-electron chi connectivity index (χ3n) is 4.79. The van der Waals surface area contributed by atoms with Gasteiger partial charge in [-0.3, -0.25) is 18.9 Å². The summed E-state index contributed by atoms with van der Waals surface area (Å²) in [4.78, 5) is 41.7. The molecule has 1 aliphatic heterocycles. The smallest absolute Gasteiger partial charge is 0.387 e. The van der Waals surface area contributed by atoms with Crippen LogP contribution in [0.2, 0.25) is 0 Å². The van der Waals surface area contributed by atoms with Gasteiger partial charge in [-0.1, -0.05) is 4.98 Å². The van der Waals surface area contributed by atoms with E-state index in [1.165, 1.54) is 22.5 Å². The van der Waals surface area contributed by atoms with E-state index in [4.69, 9.17) is 15.0 Å². The van der Waals surface area contributed by atoms with E-state index in [0.717, 1.165) is 18.7 Å². The van der Waals surface area contributed by atoms with Gasteiger partial charge in [-0.2, -0.15) is 4.31 Å². The molecule has 1 fully saturated rings. The van der Waals surface area contributed by atoms with Crippen molar-refractivity contribution in [2.45, 2.75) is 24.5 Å². The van der Waals surface area contributed by atoms with Crippen LogP contribution in [0.5, 0.6) is 0 Å². The van der Waals surface area contributed by atoms with Crippen molar-refractivity contribution in [1.82, 2.24) is 23.9 Å². The van der Waals surface area contributed by atoms with Gasteiger partial charge in [-0.15, -0.1) is 0 Å². The molecule has 4 heterocycles. The number of fused-ring (bicyclic) bond motifs is 1. The van der Waals surface area contributed by atoms with Gasteiger partial charge >= 0.3 is 21.2 Å². The first-order valence-electron chi connectivity index (χ1n) is 9.17. The van der Waals surface area contributed by atoms with E-state index >= 15 is 0 Å². The van der Waals surface area contributed by atoms with Gasteiger partial charge in [0.05, 0.1) is 13.7 Å². The monoisotopic (exact) mass is 508 g/mol. The van der Waals surface area contributed by atoms with Gasteiger partial charge in [0, 0.05) is 12.4 Å². The summed E-state index contributed by atoms with van der Waals surface area (Å²) in [5, 5.41) is 20.8. The van der Waals surface area contributed by atoms with Crippen LogP contribution in [0.4, 0.5) is 5.95 Å². The number of ether oxygens (including phenoxy) is 1. The molecule has 0 bridgehead atoms. The Morgan fingerprint density at radius 3 is 2.73 bits per heavy atom. The van der Waals surface area contributed by atoms with E-state index < -0.39 is 52.3 Å². The van der Waals surface area contributed by atoms with Gasteiger partial charge in [-0.25, -0.2) is 23.0 Å². The van der Waals surface area contributed by atoms with Crippen LogP contribution in [-0.2, 0) is 29.7 Å². The normalized spacial score (nSPS) is 26.9. The molecule has 33 heavy (non-hydrogen) atoms. The van der Waals surface area contributed by atoms with Gasteiger partial charge in [0.25, 0.3) is 11.5 Å². The Hall–Kier alpha value is -2.46. The van der Waals surface area contributed by atoms with Crippen LogP contribution in [0.25, 0.3) is 11.2 Å². The van der Waals surface area contributed by atoms with Crippen molar-refractivity contribution in [3.63, 3.8) is 0 Å². The zero-order valence-corrected chi connectivity index (χ0v) is 18.6. The van der Waals surface area contributed by atoms with Crippen LogP contribution in [0.15, 0.2) is 29.8 Å². The van der Waals surface area contributed by atoms with Gasteiger partial charge < -0.3 is 30.5 Å². The van der Waals surface area contributed by atoms with E-state index in [-0.39, 0.29) is 17.1 Å². The molecule has 0 spiro atoms. The van der Waals surface area contributed by atoms with Gasteiger partial charge in [0.15, 0.2) is 6.33 Å². The molecule has 0 aromatic carbocycles. The lowest BCUT2D eigenvalue weighted by molar-refractivity contribution is -0.745. The number of aromatic nitrogens is 6. The first-order chi connectivity index (χ1) is 15.4. The van der Waals surface area contributed by atoms with Crippen molar-refractivity contribution >= 4 is 32.7 Å². The summed E-state index contributed by atoms with van der Waals surface area (Å²) in [6.07, 6.45) is -1.33. The Morgan fingerprint density at radius 1 is 1.33 bits per heavy atom. The highest BCUT2D eigenvalue weighted by Crippen LogP contribution is 2.60. The summed E-state index contributed by atoms with van der Waals surface area (Å²) in [6, 6.07) is 0. The van der Waals surface area contributed by atoms with Crippen molar-refractivity contribution in [2.24, 2.45) is 7.05 Å². The number of nitrogens with two attached hydrogens (primary N) is 1.